The van der Waals surface area contributed by atoms with Gasteiger partial charge in [0.25, 0.3) is 0 Å². The van der Waals surface area contributed by atoms with E-state index in [1.807, 2.05) is 0 Å². The SMILES string of the molecule is CCCCCC(C)CCCC(N)=O. The van der Waals surface area contributed by atoms with Crippen molar-refractivity contribution >= 4 is 5.91 Å². The van der Waals surface area contributed by atoms with Crippen molar-refractivity contribution in [1.82, 2.24) is 0 Å². The van der Waals surface area contributed by atoms with Crippen molar-refractivity contribution in [2.24, 2.45) is 11.7 Å². The third-order valence-corrected chi connectivity index (χ3v) is 2.42. The van der Waals surface area contributed by atoms with Crippen molar-refractivity contribution in [3.05, 3.63) is 0 Å². The lowest BCUT2D eigenvalue weighted by Gasteiger charge is -2.09. The third-order valence-electron chi connectivity index (χ3n) is 2.42. The number of unbranched alkanes of at least 4 members (excludes halogenated alkanes) is 2. The van der Waals surface area contributed by atoms with Crippen molar-refractivity contribution in [2.75, 3.05) is 0 Å². The van der Waals surface area contributed by atoms with E-state index in [0.29, 0.717) is 6.42 Å². The molecule has 0 fully saturated rings. The summed E-state index contributed by atoms with van der Waals surface area (Å²) in [5, 5.41) is 0. The highest BCUT2D eigenvalue weighted by atomic mass is 16.1. The van der Waals surface area contributed by atoms with Crippen LogP contribution in [0.2, 0.25) is 0 Å². The molecule has 2 nitrogen and oxygen atoms in total. The fourth-order valence-electron chi connectivity index (χ4n) is 1.51. The second-order valence-corrected chi connectivity index (χ2v) is 3.96. The van der Waals surface area contributed by atoms with Gasteiger partial charge >= 0.3 is 0 Å². The number of amides is 1. The molecule has 0 aromatic rings. The first-order chi connectivity index (χ1) is 6.16. The van der Waals surface area contributed by atoms with Gasteiger partial charge in [-0.1, -0.05) is 46.0 Å². The second-order valence-electron chi connectivity index (χ2n) is 3.96. The molecule has 1 unspecified atom stereocenters. The van der Waals surface area contributed by atoms with E-state index in [0.717, 1.165) is 18.8 Å². The number of hydrogen-bond acceptors (Lipinski definition) is 1. The minimum absolute atomic E-state index is 0.166. The molecule has 0 rings (SSSR count). The Kier molecular flexibility index (Phi) is 7.76. The first-order valence-corrected chi connectivity index (χ1v) is 5.45. The fourth-order valence-corrected chi connectivity index (χ4v) is 1.51. The molecule has 2 N–H and O–H groups in total. The van der Waals surface area contributed by atoms with Gasteiger partial charge in [-0.2, -0.15) is 0 Å². The Morgan fingerprint density at radius 3 is 2.38 bits per heavy atom. The Labute approximate surface area is 81.9 Å². The van der Waals surface area contributed by atoms with Crippen molar-refractivity contribution in [1.29, 1.82) is 0 Å². The summed E-state index contributed by atoms with van der Waals surface area (Å²) in [5.41, 5.74) is 5.06. The van der Waals surface area contributed by atoms with E-state index in [9.17, 15) is 4.79 Å². The summed E-state index contributed by atoms with van der Waals surface area (Å²) in [6, 6.07) is 0. The number of hydrogen-bond donors (Lipinski definition) is 1. The summed E-state index contributed by atoms with van der Waals surface area (Å²) in [7, 11) is 0. The predicted molar refractivity (Wildman–Crippen MR) is 56.4 cm³/mol. The van der Waals surface area contributed by atoms with Crippen molar-refractivity contribution in [3.63, 3.8) is 0 Å². The quantitative estimate of drug-likeness (QED) is 0.580. The average molecular weight is 185 g/mol. The molecule has 1 amide bonds. The molecular formula is C11H23NO. The van der Waals surface area contributed by atoms with Gasteiger partial charge < -0.3 is 5.73 Å². The number of rotatable bonds is 8. The molecule has 0 aliphatic rings. The van der Waals surface area contributed by atoms with Gasteiger partial charge in [-0.25, -0.2) is 0 Å². The first kappa shape index (κ1) is 12.5. The van der Waals surface area contributed by atoms with Crippen LogP contribution in [-0.4, -0.2) is 5.91 Å². The van der Waals surface area contributed by atoms with E-state index in [4.69, 9.17) is 5.73 Å². The summed E-state index contributed by atoms with van der Waals surface area (Å²) < 4.78 is 0. The Hall–Kier alpha value is -0.530. The normalized spacial score (nSPS) is 12.8. The van der Waals surface area contributed by atoms with Gasteiger partial charge in [0.15, 0.2) is 0 Å². The Balaban J connectivity index is 3.19. The molecule has 0 spiro atoms. The maximum atomic E-state index is 10.5. The molecule has 2 heteroatoms. The minimum atomic E-state index is -0.166. The van der Waals surface area contributed by atoms with Crippen LogP contribution in [0.1, 0.15) is 58.8 Å². The smallest absolute Gasteiger partial charge is 0.217 e. The average Bonchev–Trinajstić information content (AvgIpc) is 2.04. The summed E-state index contributed by atoms with van der Waals surface area (Å²) in [4.78, 5) is 10.5. The van der Waals surface area contributed by atoms with Crippen molar-refractivity contribution < 1.29 is 4.79 Å². The van der Waals surface area contributed by atoms with Crippen molar-refractivity contribution in [2.45, 2.75) is 58.8 Å². The molecule has 0 aliphatic carbocycles. The molecule has 0 heterocycles. The first-order valence-electron chi connectivity index (χ1n) is 5.45. The summed E-state index contributed by atoms with van der Waals surface area (Å²) in [6.07, 6.45) is 7.91. The maximum Gasteiger partial charge on any atom is 0.217 e. The summed E-state index contributed by atoms with van der Waals surface area (Å²) in [6.45, 7) is 4.48. The van der Waals surface area contributed by atoms with Crippen LogP contribution < -0.4 is 5.73 Å². The monoisotopic (exact) mass is 185 g/mol. The Morgan fingerprint density at radius 2 is 1.85 bits per heavy atom. The molecule has 0 saturated heterocycles. The molecule has 0 bridgehead atoms. The van der Waals surface area contributed by atoms with E-state index in [1.54, 1.807) is 0 Å². The van der Waals surface area contributed by atoms with Crippen LogP contribution in [0.15, 0.2) is 0 Å². The van der Waals surface area contributed by atoms with Gasteiger partial charge in [-0.3, -0.25) is 4.79 Å². The van der Waals surface area contributed by atoms with Crippen LogP contribution in [0, 0.1) is 5.92 Å². The van der Waals surface area contributed by atoms with Gasteiger partial charge in [0.2, 0.25) is 5.91 Å². The van der Waals surface area contributed by atoms with Gasteiger partial charge in [0.05, 0.1) is 0 Å². The predicted octanol–water partition coefficient (Wildman–Crippen LogP) is 2.86. The lowest BCUT2D eigenvalue weighted by atomic mass is 9.97. The standard InChI is InChI=1S/C11H23NO/c1-3-4-5-7-10(2)8-6-9-11(12)13/h10H,3-9H2,1-2H3,(H2,12,13). The molecule has 0 aromatic heterocycles. The molecule has 13 heavy (non-hydrogen) atoms. The van der Waals surface area contributed by atoms with Gasteiger partial charge in [-0.05, 0) is 12.3 Å². The summed E-state index contributed by atoms with van der Waals surface area (Å²) in [5.74, 6) is 0.589. The number of carbonyl (C=O) groups excluding carboxylic acids is 1. The zero-order valence-electron chi connectivity index (χ0n) is 9.01. The van der Waals surface area contributed by atoms with Crippen molar-refractivity contribution in [3.8, 4) is 0 Å². The zero-order valence-corrected chi connectivity index (χ0v) is 9.01. The number of nitrogens with two attached hydrogens (primary N) is 1. The molecule has 0 aliphatic heterocycles. The minimum Gasteiger partial charge on any atom is -0.370 e. The van der Waals surface area contributed by atoms with Gasteiger partial charge in [-0.15, -0.1) is 0 Å². The highest BCUT2D eigenvalue weighted by molar-refractivity contribution is 5.73. The highest BCUT2D eigenvalue weighted by Crippen LogP contribution is 2.15. The van der Waals surface area contributed by atoms with Gasteiger partial charge in [0, 0.05) is 6.42 Å². The van der Waals surface area contributed by atoms with E-state index in [1.165, 1.54) is 25.7 Å². The van der Waals surface area contributed by atoms with Crippen LogP contribution in [0.5, 0.6) is 0 Å². The molecule has 0 aromatic carbocycles. The Morgan fingerprint density at radius 1 is 1.23 bits per heavy atom. The van der Waals surface area contributed by atoms with Crippen LogP contribution in [-0.2, 0) is 4.79 Å². The topological polar surface area (TPSA) is 43.1 Å². The zero-order chi connectivity index (χ0) is 10.1. The highest BCUT2D eigenvalue weighted by Gasteiger charge is 2.02. The summed E-state index contributed by atoms with van der Waals surface area (Å²) >= 11 is 0. The second kappa shape index (κ2) is 8.09. The molecule has 0 radical (unpaired) electrons. The lowest BCUT2D eigenvalue weighted by Crippen LogP contribution is -2.10. The van der Waals surface area contributed by atoms with Crippen LogP contribution in [0.25, 0.3) is 0 Å². The van der Waals surface area contributed by atoms with Gasteiger partial charge in [0.1, 0.15) is 0 Å². The van der Waals surface area contributed by atoms with Crippen LogP contribution >= 0.6 is 0 Å². The van der Waals surface area contributed by atoms with Crippen LogP contribution in [0.4, 0.5) is 0 Å². The fraction of sp³-hybridized carbons (Fsp3) is 0.909. The lowest BCUT2D eigenvalue weighted by molar-refractivity contribution is -0.118. The van der Waals surface area contributed by atoms with Crippen LogP contribution in [0.3, 0.4) is 0 Å². The maximum absolute atomic E-state index is 10.5. The molecule has 78 valence electrons. The Bertz CT molecular complexity index is 134. The number of carbonyl (C=O) groups is 1. The molecule has 0 saturated carbocycles. The number of primary amides is 1. The largest absolute Gasteiger partial charge is 0.370 e. The van der Waals surface area contributed by atoms with E-state index >= 15 is 0 Å². The molecular weight excluding hydrogens is 162 g/mol. The van der Waals surface area contributed by atoms with E-state index < -0.39 is 0 Å². The van der Waals surface area contributed by atoms with E-state index in [2.05, 4.69) is 13.8 Å². The third kappa shape index (κ3) is 9.38. The van der Waals surface area contributed by atoms with E-state index in [-0.39, 0.29) is 5.91 Å². The molecule has 1 atom stereocenters.